The molecule has 0 spiro atoms. The average molecular weight is 349 g/mol. The normalized spacial score (nSPS) is 10.4. The second-order valence-corrected chi connectivity index (χ2v) is 5.53. The molecule has 2 aromatic carbocycles. The number of anilines is 2. The van der Waals surface area contributed by atoms with Gasteiger partial charge in [0.25, 0.3) is 0 Å². The molecular formula is C18H21ClN2O3. The van der Waals surface area contributed by atoms with Crippen LogP contribution >= 0.6 is 11.6 Å². The summed E-state index contributed by atoms with van der Waals surface area (Å²) in [7, 11) is 1.58. The highest BCUT2D eigenvalue weighted by molar-refractivity contribution is 6.33. The van der Waals surface area contributed by atoms with Gasteiger partial charge in [0.05, 0.1) is 23.9 Å². The third-order valence-corrected chi connectivity index (χ3v) is 3.56. The fraction of sp³-hybridized carbons (Fsp3) is 0.278. The minimum Gasteiger partial charge on any atom is -0.382 e. The van der Waals surface area contributed by atoms with Crippen molar-refractivity contribution in [2.24, 2.45) is 0 Å². The van der Waals surface area contributed by atoms with Crippen molar-refractivity contribution in [2.75, 3.05) is 37.6 Å². The predicted octanol–water partition coefficient (Wildman–Crippen LogP) is 3.55. The SMILES string of the molecule is COCCOCC(=O)Nc1ccc(NCc2ccccc2)c(Cl)c1. The Morgan fingerprint density at radius 1 is 1.12 bits per heavy atom. The van der Waals surface area contributed by atoms with Crippen LogP contribution in [0.4, 0.5) is 11.4 Å². The van der Waals surface area contributed by atoms with E-state index < -0.39 is 0 Å². The van der Waals surface area contributed by atoms with Gasteiger partial charge in [-0.05, 0) is 23.8 Å². The lowest BCUT2D eigenvalue weighted by molar-refractivity contribution is -0.121. The lowest BCUT2D eigenvalue weighted by Crippen LogP contribution is -2.19. The average Bonchev–Trinajstić information content (AvgIpc) is 2.59. The monoisotopic (exact) mass is 348 g/mol. The van der Waals surface area contributed by atoms with E-state index in [2.05, 4.69) is 10.6 Å². The third kappa shape index (κ3) is 6.20. The third-order valence-electron chi connectivity index (χ3n) is 3.24. The van der Waals surface area contributed by atoms with E-state index in [0.717, 1.165) is 5.69 Å². The van der Waals surface area contributed by atoms with Crippen molar-refractivity contribution in [3.05, 3.63) is 59.1 Å². The van der Waals surface area contributed by atoms with Crippen molar-refractivity contribution in [1.29, 1.82) is 0 Å². The minimum absolute atomic E-state index is 0.0189. The number of carbonyl (C=O) groups is 1. The molecule has 5 nitrogen and oxygen atoms in total. The predicted molar refractivity (Wildman–Crippen MR) is 96.5 cm³/mol. The van der Waals surface area contributed by atoms with Crippen LogP contribution in [-0.4, -0.2) is 32.8 Å². The van der Waals surface area contributed by atoms with Gasteiger partial charge < -0.3 is 20.1 Å². The van der Waals surface area contributed by atoms with Crippen molar-refractivity contribution in [3.8, 4) is 0 Å². The molecule has 0 unspecified atom stereocenters. The van der Waals surface area contributed by atoms with Crippen LogP contribution in [0.15, 0.2) is 48.5 Å². The first-order chi connectivity index (χ1) is 11.7. The van der Waals surface area contributed by atoms with E-state index in [1.165, 1.54) is 5.56 Å². The van der Waals surface area contributed by atoms with Gasteiger partial charge in [0.15, 0.2) is 0 Å². The first kappa shape index (κ1) is 18.3. The van der Waals surface area contributed by atoms with E-state index in [1.807, 2.05) is 36.4 Å². The maximum absolute atomic E-state index is 11.7. The van der Waals surface area contributed by atoms with E-state index in [0.29, 0.717) is 30.5 Å². The van der Waals surface area contributed by atoms with E-state index in [4.69, 9.17) is 21.1 Å². The first-order valence-electron chi connectivity index (χ1n) is 7.63. The van der Waals surface area contributed by atoms with Gasteiger partial charge in [-0.2, -0.15) is 0 Å². The molecule has 0 fully saturated rings. The molecule has 0 aliphatic rings. The molecule has 6 heteroatoms. The van der Waals surface area contributed by atoms with Crippen LogP contribution in [0, 0.1) is 0 Å². The van der Waals surface area contributed by atoms with Crippen LogP contribution in [0.25, 0.3) is 0 Å². The topological polar surface area (TPSA) is 59.6 Å². The van der Waals surface area contributed by atoms with Gasteiger partial charge in [-0.25, -0.2) is 0 Å². The van der Waals surface area contributed by atoms with E-state index in [1.54, 1.807) is 19.2 Å². The zero-order valence-electron chi connectivity index (χ0n) is 13.5. The number of hydrogen-bond donors (Lipinski definition) is 2. The number of rotatable bonds is 9. The molecule has 0 heterocycles. The Hall–Kier alpha value is -2.08. The van der Waals surface area contributed by atoms with Crippen LogP contribution in [-0.2, 0) is 20.8 Å². The molecule has 0 bridgehead atoms. The van der Waals surface area contributed by atoms with Crippen molar-refractivity contribution >= 4 is 28.9 Å². The quantitative estimate of drug-likeness (QED) is 0.680. The van der Waals surface area contributed by atoms with Crippen LogP contribution in [0.5, 0.6) is 0 Å². The van der Waals surface area contributed by atoms with Gasteiger partial charge in [-0.3, -0.25) is 4.79 Å². The summed E-state index contributed by atoms with van der Waals surface area (Å²) >= 11 is 6.26. The largest absolute Gasteiger partial charge is 0.382 e. The lowest BCUT2D eigenvalue weighted by atomic mass is 10.2. The molecule has 0 saturated carbocycles. The van der Waals surface area contributed by atoms with Crippen LogP contribution in [0.3, 0.4) is 0 Å². The Balaban J connectivity index is 1.84. The number of carbonyl (C=O) groups excluding carboxylic acids is 1. The molecule has 2 aromatic rings. The Morgan fingerprint density at radius 3 is 2.62 bits per heavy atom. The standard InChI is InChI=1S/C18H21ClN2O3/c1-23-9-10-24-13-18(22)21-15-7-8-17(16(19)11-15)20-12-14-5-3-2-4-6-14/h2-8,11,20H,9-10,12-13H2,1H3,(H,21,22). The van der Waals surface area contributed by atoms with Crippen LogP contribution < -0.4 is 10.6 Å². The molecule has 0 atom stereocenters. The molecule has 128 valence electrons. The fourth-order valence-corrected chi connectivity index (χ4v) is 2.28. The number of halogens is 1. The van der Waals surface area contributed by atoms with Crippen molar-refractivity contribution in [1.82, 2.24) is 0 Å². The summed E-state index contributed by atoms with van der Waals surface area (Å²) in [6.07, 6.45) is 0. The Morgan fingerprint density at radius 2 is 1.92 bits per heavy atom. The Bertz CT molecular complexity index is 650. The first-order valence-corrected chi connectivity index (χ1v) is 8.00. The number of ether oxygens (including phenoxy) is 2. The van der Waals surface area contributed by atoms with Crippen LogP contribution in [0.1, 0.15) is 5.56 Å². The maximum Gasteiger partial charge on any atom is 0.250 e. The zero-order chi connectivity index (χ0) is 17.2. The van der Waals surface area contributed by atoms with Crippen molar-refractivity contribution < 1.29 is 14.3 Å². The summed E-state index contributed by atoms with van der Waals surface area (Å²) in [5.41, 5.74) is 2.61. The molecule has 0 radical (unpaired) electrons. The summed E-state index contributed by atoms with van der Waals surface area (Å²) in [5, 5.41) is 6.56. The highest BCUT2D eigenvalue weighted by atomic mass is 35.5. The van der Waals surface area contributed by atoms with Gasteiger partial charge in [0.2, 0.25) is 5.91 Å². The van der Waals surface area contributed by atoms with Gasteiger partial charge in [0.1, 0.15) is 6.61 Å². The zero-order valence-corrected chi connectivity index (χ0v) is 14.3. The van der Waals surface area contributed by atoms with E-state index >= 15 is 0 Å². The second kappa shape index (κ2) is 9.93. The highest BCUT2D eigenvalue weighted by Gasteiger charge is 2.06. The number of amides is 1. The summed E-state index contributed by atoms with van der Waals surface area (Å²) < 4.78 is 10.0. The van der Waals surface area contributed by atoms with Gasteiger partial charge in [0, 0.05) is 19.3 Å². The fourth-order valence-electron chi connectivity index (χ4n) is 2.03. The molecule has 0 saturated heterocycles. The van der Waals surface area contributed by atoms with Gasteiger partial charge in [-0.15, -0.1) is 0 Å². The maximum atomic E-state index is 11.7. The van der Waals surface area contributed by atoms with Gasteiger partial charge >= 0.3 is 0 Å². The Kier molecular flexibility index (Phi) is 7.55. The van der Waals surface area contributed by atoms with E-state index in [-0.39, 0.29) is 12.5 Å². The molecular weight excluding hydrogens is 328 g/mol. The number of nitrogens with one attached hydrogen (secondary N) is 2. The summed E-state index contributed by atoms with van der Waals surface area (Å²) in [6, 6.07) is 15.4. The highest BCUT2D eigenvalue weighted by Crippen LogP contribution is 2.26. The van der Waals surface area contributed by atoms with Crippen LogP contribution in [0.2, 0.25) is 5.02 Å². The Labute approximate surface area is 146 Å². The minimum atomic E-state index is -0.229. The molecule has 2 N–H and O–H groups in total. The van der Waals surface area contributed by atoms with Gasteiger partial charge in [-0.1, -0.05) is 41.9 Å². The van der Waals surface area contributed by atoms with E-state index in [9.17, 15) is 4.79 Å². The second-order valence-electron chi connectivity index (χ2n) is 5.13. The molecule has 0 aromatic heterocycles. The lowest BCUT2D eigenvalue weighted by Gasteiger charge is -2.11. The summed E-state index contributed by atoms with van der Waals surface area (Å²) in [4.78, 5) is 11.7. The number of hydrogen-bond acceptors (Lipinski definition) is 4. The van der Waals surface area contributed by atoms with Crippen molar-refractivity contribution in [2.45, 2.75) is 6.54 Å². The molecule has 1 amide bonds. The van der Waals surface area contributed by atoms with Crippen molar-refractivity contribution in [3.63, 3.8) is 0 Å². The smallest absolute Gasteiger partial charge is 0.250 e. The molecule has 0 aliphatic carbocycles. The number of methoxy groups -OCH3 is 1. The molecule has 2 rings (SSSR count). The number of benzene rings is 2. The molecule has 0 aliphatic heterocycles. The summed E-state index contributed by atoms with van der Waals surface area (Å²) in [5.74, 6) is -0.229. The molecule has 24 heavy (non-hydrogen) atoms. The summed E-state index contributed by atoms with van der Waals surface area (Å²) in [6.45, 7) is 1.50.